The highest BCUT2D eigenvalue weighted by Crippen LogP contribution is 2.19. The zero-order chi connectivity index (χ0) is 13.7. The molecule has 1 aliphatic heterocycles. The Labute approximate surface area is 138 Å². The molecule has 7 heteroatoms. The van der Waals surface area contributed by atoms with Gasteiger partial charge in [0.1, 0.15) is 5.82 Å². The van der Waals surface area contributed by atoms with E-state index in [4.69, 9.17) is 0 Å². The minimum Gasteiger partial charge on any atom is -0.357 e. The molecule has 120 valence electrons. The molecule has 2 N–H and O–H groups in total. The number of aromatic nitrogens is 1. The van der Waals surface area contributed by atoms with Crippen molar-refractivity contribution in [3.63, 3.8) is 0 Å². The summed E-state index contributed by atoms with van der Waals surface area (Å²) in [6.45, 7) is 4.73. The predicted molar refractivity (Wildman–Crippen MR) is 91.9 cm³/mol. The van der Waals surface area contributed by atoms with Crippen molar-refractivity contribution in [2.45, 2.75) is 19.8 Å². The minimum atomic E-state index is -0.0525. The van der Waals surface area contributed by atoms with Crippen molar-refractivity contribution >= 4 is 42.2 Å². The van der Waals surface area contributed by atoms with E-state index in [1.165, 1.54) is 12.8 Å². The first kappa shape index (κ1) is 20.0. The van der Waals surface area contributed by atoms with Crippen LogP contribution in [-0.2, 0) is 4.79 Å². The lowest BCUT2D eigenvalue weighted by atomic mass is 10.1. The molecule has 1 unspecified atom stereocenters. The second kappa shape index (κ2) is 9.82. The Morgan fingerprint density at radius 2 is 2.00 bits per heavy atom. The topological polar surface area (TPSA) is 57.3 Å². The normalized spacial score (nSPS) is 14.9. The van der Waals surface area contributed by atoms with Crippen LogP contribution in [-0.4, -0.2) is 37.6 Å². The molecule has 1 amide bonds. The van der Waals surface area contributed by atoms with Gasteiger partial charge in [0.2, 0.25) is 5.91 Å². The molecule has 5 nitrogen and oxygen atoms in total. The molecular weight excluding hydrogens is 311 g/mol. The molecule has 21 heavy (non-hydrogen) atoms. The number of hydrogen-bond acceptors (Lipinski definition) is 4. The van der Waals surface area contributed by atoms with Crippen molar-refractivity contribution in [1.29, 1.82) is 0 Å². The number of nitrogens with zero attached hydrogens (tertiary/aromatic N) is 2. The Morgan fingerprint density at radius 3 is 2.52 bits per heavy atom. The molecular formula is C14H24Cl2N4O. The van der Waals surface area contributed by atoms with E-state index in [0.717, 1.165) is 24.6 Å². The van der Waals surface area contributed by atoms with Gasteiger partial charge < -0.3 is 15.5 Å². The van der Waals surface area contributed by atoms with Crippen LogP contribution in [0, 0.1) is 5.92 Å². The number of rotatable bonds is 5. The van der Waals surface area contributed by atoms with Crippen LogP contribution < -0.4 is 15.5 Å². The molecule has 1 saturated heterocycles. The second-order valence-electron chi connectivity index (χ2n) is 5.05. The lowest BCUT2D eigenvalue weighted by Crippen LogP contribution is -2.28. The van der Waals surface area contributed by atoms with E-state index in [1.54, 1.807) is 6.20 Å². The molecule has 1 atom stereocenters. The van der Waals surface area contributed by atoms with E-state index >= 15 is 0 Å². The van der Waals surface area contributed by atoms with Gasteiger partial charge in [-0.15, -0.1) is 24.8 Å². The Balaban J connectivity index is 0.00000200. The maximum atomic E-state index is 11.9. The molecule has 1 aromatic heterocycles. The molecule has 0 bridgehead atoms. The van der Waals surface area contributed by atoms with Gasteiger partial charge in [0, 0.05) is 25.6 Å². The third-order valence-electron chi connectivity index (χ3n) is 3.40. The van der Waals surface area contributed by atoms with Crippen LogP contribution in [0.4, 0.5) is 11.5 Å². The summed E-state index contributed by atoms with van der Waals surface area (Å²) in [6, 6.07) is 3.90. The maximum absolute atomic E-state index is 11.9. The van der Waals surface area contributed by atoms with Gasteiger partial charge in [0.25, 0.3) is 0 Å². The predicted octanol–water partition coefficient (Wildman–Crippen LogP) is 2.32. The minimum absolute atomic E-state index is 0. The summed E-state index contributed by atoms with van der Waals surface area (Å²) >= 11 is 0. The van der Waals surface area contributed by atoms with Gasteiger partial charge in [-0.3, -0.25) is 4.79 Å². The summed E-state index contributed by atoms with van der Waals surface area (Å²) in [7, 11) is 1.84. The highest BCUT2D eigenvalue weighted by Gasteiger charge is 2.14. The van der Waals surface area contributed by atoms with E-state index in [2.05, 4.69) is 20.5 Å². The summed E-state index contributed by atoms with van der Waals surface area (Å²) in [5.74, 6) is 0.965. The van der Waals surface area contributed by atoms with E-state index in [9.17, 15) is 4.79 Å². The van der Waals surface area contributed by atoms with Crippen molar-refractivity contribution < 1.29 is 4.79 Å². The van der Waals surface area contributed by atoms with Gasteiger partial charge in [0.05, 0.1) is 11.9 Å². The fraction of sp³-hybridized carbons (Fsp3) is 0.571. The first-order chi connectivity index (χ1) is 9.20. The Hall–Kier alpha value is -1.04. The number of hydrogen-bond donors (Lipinski definition) is 2. The molecule has 0 aromatic carbocycles. The first-order valence-corrected chi connectivity index (χ1v) is 6.87. The summed E-state index contributed by atoms with van der Waals surface area (Å²) in [5, 5.41) is 5.88. The highest BCUT2D eigenvalue weighted by atomic mass is 35.5. The third kappa shape index (κ3) is 5.69. The molecule has 1 aromatic rings. The fourth-order valence-electron chi connectivity index (χ4n) is 2.26. The van der Waals surface area contributed by atoms with E-state index < -0.39 is 0 Å². The van der Waals surface area contributed by atoms with Crippen LogP contribution in [0.5, 0.6) is 0 Å². The standard InChI is InChI=1S/C14H22N4O.2ClH/c1-11(9-15-2)14(19)17-12-5-6-13(16-10-12)18-7-3-4-8-18;;/h5-6,10-11,15H,3-4,7-9H2,1-2H3,(H,17,19);2*1H. The molecule has 0 spiro atoms. The van der Waals surface area contributed by atoms with Crippen LogP contribution in [0.2, 0.25) is 0 Å². The van der Waals surface area contributed by atoms with Crippen molar-refractivity contribution in [3.05, 3.63) is 18.3 Å². The van der Waals surface area contributed by atoms with Gasteiger partial charge in [-0.2, -0.15) is 0 Å². The smallest absolute Gasteiger partial charge is 0.228 e. The lowest BCUT2D eigenvalue weighted by Gasteiger charge is -2.17. The Bertz CT molecular complexity index is 421. The molecule has 0 saturated carbocycles. The summed E-state index contributed by atoms with van der Waals surface area (Å²) in [5.41, 5.74) is 0.760. The van der Waals surface area contributed by atoms with Crippen molar-refractivity contribution in [3.8, 4) is 0 Å². The number of pyridine rings is 1. The quantitative estimate of drug-likeness (QED) is 0.867. The zero-order valence-corrected chi connectivity index (χ0v) is 14.1. The Kier molecular flexibility index (Phi) is 9.33. The van der Waals surface area contributed by atoms with Crippen LogP contribution in [0.15, 0.2) is 18.3 Å². The summed E-state index contributed by atoms with van der Waals surface area (Å²) in [4.78, 5) is 18.5. The second-order valence-corrected chi connectivity index (χ2v) is 5.05. The first-order valence-electron chi connectivity index (χ1n) is 6.87. The van der Waals surface area contributed by atoms with Crippen molar-refractivity contribution in [1.82, 2.24) is 10.3 Å². The highest BCUT2D eigenvalue weighted by molar-refractivity contribution is 5.92. The van der Waals surface area contributed by atoms with E-state index in [0.29, 0.717) is 6.54 Å². The number of carbonyl (C=O) groups excluding carboxylic acids is 1. The molecule has 1 fully saturated rings. The largest absolute Gasteiger partial charge is 0.357 e. The van der Waals surface area contributed by atoms with Crippen molar-refractivity contribution in [2.75, 3.05) is 36.9 Å². The summed E-state index contributed by atoms with van der Waals surface area (Å²) in [6.07, 6.45) is 4.21. The van der Waals surface area contributed by atoms with Crippen molar-refractivity contribution in [2.24, 2.45) is 5.92 Å². The average Bonchev–Trinajstić information content (AvgIpc) is 2.94. The maximum Gasteiger partial charge on any atom is 0.228 e. The monoisotopic (exact) mass is 334 g/mol. The number of anilines is 2. The number of halogens is 2. The molecule has 2 rings (SSSR count). The average molecular weight is 335 g/mol. The van der Waals surface area contributed by atoms with Gasteiger partial charge in [-0.05, 0) is 32.0 Å². The summed E-state index contributed by atoms with van der Waals surface area (Å²) < 4.78 is 0. The zero-order valence-electron chi connectivity index (χ0n) is 12.5. The third-order valence-corrected chi connectivity index (χ3v) is 3.40. The Morgan fingerprint density at radius 1 is 1.33 bits per heavy atom. The number of amides is 1. The lowest BCUT2D eigenvalue weighted by molar-refractivity contribution is -0.119. The van der Waals surface area contributed by atoms with Gasteiger partial charge >= 0.3 is 0 Å². The molecule has 0 aliphatic carbocycles. The van der Waals surface area contributed by atoms with Gasteiger partial charge in [-0.1, -0.05) is 6.92 Å². The van der Waals surface area contributed by atoms with E-state index in [1.807, 2.05) is 26.1 Å². The van der Waals surface area contributed by atoms with Crippen LogP contribution in [0.25, 0.3) is 0 Å². The molecule has 1 aliphatic rings. The van der Waals surface area contributed by atoms with Gasteiger partial charge in [-0.25, -0.2) is 4.98 Å². The molecule has 0 radical (unpaired) electrons. The van der Waals surface area contributed by atoms with Crippen LogP contribution >= 0.6 is 24.8 Å². The van der Waals surface area contributed by atoms with Crippen LogP contribution in [0.1, 0.15) is 19.8 Å². The number of carbonyl (C=O) groups is 1. The number of nitrogens with one attached hydrogen (secondary N) is 2. The molecule has 2 heterocycles. The SMILES string of the molecule is CNCC(C)C(=O)Nc1ccc(N2CCCC2)nc1.Cl.Cl. The van der Waals surface area contributed by atoms with Crippen LogP contribution in [0.3, 0.4) is 0 Å². The fourth-order valence-corrected chi connectivity index (χ4v) is 2.26. The van der Waals surface area contributed by atoms with Gasteiger partial charge in [0.15, 0.2) is 0 Å². The van der Waals surface area contributed by atoms with E-state index in [-0.39, 0.29) is 36.6 Å².